The summed E-state index contributed by atoms with van der Waals surface area (Å²) >= 11 is 0. The van der Waals surface area contributed by atoms with E-state index < -0.39 is 0 Å². The zero-order valence-corrected chi connectivity index (χ0v) is 12.1. The number of hydrogen-bond donors (Lipinski definition) is 1. The van der Waals surface area contributed by atoms with E-state index in [1.54, 1.807) is 23.1 Å². The van der Waals surface area contributed by atoms with Crippen molar-refractivity contribution in [1.82, 2.24) is 20.1 Å². The van der Waals surface area contributed by atoms with Gasteiger partial charge in [-0.3, -0.25) is 4.68 Å². The molecule has 1 atom stereocenters. The van der Waals surface area contributed by atoms with Crippen molar-refractivity contribution in [2.24, 2.45) is 0 Å². The summed E-state index contributed by atoms with van der Waals surface area (Å²) in [6.45, 7) is 1.26. The van der Waals surface area contributed by atoms with Crippen molar-refractivity contribution in [2.75, 3.05) is 0 Å². The lowest BCUT2D eigenvalue weighted by molar-refractivity contribution is 0.436. The smallest absolute Gasteiger partial charge is 0.137 e. The first-order chi connectivity index (χ1) is 10.8. The van der Waals surface area contributed by atoms with Gasteiger partial charge in [0.15, 0.2) is 0 Å². The van der Waals surface area contributed by atoms with Crippen molar-refractivity contribution in [3.05, 3.63) is 84.2 Å². The summed E-state index contributed by atoms with van der Waals surface area (Å²) in [6.07, 6.45) is 3.22. The van der Waals surface area contributed by atoms with E-state index in [1.807, 2.05) is 24.3 Å². The van der Waals surface area contributed by atoms with E-state index in [2.05, 4.69) is 27.5 Å². The quantitative estimate of drug-likeness (QED) is 0.760. The fraction of sp³-hybridized carbons (Fsp3) is 0.176. The van der Waals surface area contributed by atoms with Gasteiger partial charge in [0.25, 0.3) is 0 Å². The fourth-order valence-electron chi connectivity index (χ4n) is 2.38. The molecule has 112 valence electrons. The number of aromatic nitrogens is 3. The molecule has 0 bridgehead atoms. The Labute approximate surface area is 128 Å². The topological polar surface area (TPSA) is 42.7 Å². The van der Waals surface area contributed by atoms with Gasteiger partial charge in [0.05, 0.1) is 12.6 Å². The van der Waals surface area contributed by atoms with Crippen LogP contribution in [0.5, 0.6) is 0 Å². The predicted octanol–water partition coefficient (Wildman–Crippen LogP) is 2.95. The van der Waals surface area contributed by atoms with Crippen LogP contribution in [0.4, 0.5) is 4.39 Å². The highest BCUT2D eigenvalue weighted by molar-refractivity contribution is 5.20. The summed E-state index contributed by atoms with van der Waals surface area (Å²) in [7, 11) is 0. The highest BCUT2D eigenvalue weighted by Crippen LogP contribution is 2.15. The molecule has 0 unspecified atom stereocenters. The SMILES string of the molecule is Fc1cccc(CN[C@@H](Cn2cncn2)c2ccccc2)c1. The Bertz CT molecular complexity index is 698. The zero-order chi connectivity index (χ0) is 15.2. The van der Waals surface area contributed by atoms with Crippen LogP contribution in [0.3, 0.4) is 0 Å². The molecule has 1 N–H and O–H groups in total. The van der Waals surface area contributed by atoms with Crippen molar-refractivity contribution in [1.29, 1.82) is 0 Å². The Kier molecular flexibility index (Phi) is 4.56. The van der Waals surface area contributed by atoms with Crippen LogP contribution in [-0.2, 0) is 13.1 Å². The van der Waals surface area contributed by atoms with E-state index >= 15 is 0 Å². The van der Waals surface area contributed by atoms with Gasteiger partial charge in [-0.25, -0.2) is 9.37 Å². The van der Waals surface area contributed by atoms with Crippen molar-refractivity contribution in [3.8, 4) is 0 Å². The van der Waals surface area contributed by atoms with Crippen LogP contribution >= 0.6 is 0 Å². The number of halogens is 1. The third-order valence-corrected chi connectivity index (χ3v) is 3.48. The molecule has 0 saturated carbocycles. The molecule has 0 aliphatic carbocycles. The van der Waals surface area contributed by atoms with Crippen LogP contribution in [0.2, 0.25) is 0 Å². The second-order valence-electron chi connectivity index (χ2n) is 5.09. The molecule has 1 aromatic heterocycles. The van der Waals surface area contributed by atoms with Crippen LogP contribution in [0.15, 0.2) is 67.3 Å². The molecule has 1 heterocycles. The molecule has 0 spiro atoms. The van der Waals surface area contributed by atoms with Crippen LogP contribution in [0.25, 0.3) is 0 Å². The molecule has 3 rings (SSSR count). The molecule has 22 heavy (non-hydrogen) atoms. The first kappa shape index (κ1) is 14.4. The van der Waals surface area contributed by atoms with Gasteiger partial charge in [-0.1, -0.05) is 42.5 Å². The average Bonchev–Trinajstić information content (AvgIpc) is 3.05. The van der Waals surface area contributed by atoms with Crippen LogP contribution in [-0.4, -0.2) is 14.8 Å². The first-order valence-corrected chi connectivity index (χ1v) is 7.16. The van der Waals surface area contributed by atoms with Crippen molar-refractivity contribution < 1.29 is 4.39 Å². The van der Waals surface area contributed by atoms with E-state index in [4.69, 9.17) is 0 Å². The molecule has 5 heteroatoms. The minimum atomic E-state index is -0.216. The normalized spacial score (nSPS) is 12.2. The van der Waals surface area contributed by atoms with E-state index in [-0.39, 0.29) is 11.9 Å². The Morgan fingerprint density at radius 2 is 1.95 bits per heavy atom. The molecule has 0 amide bonds. The van der Waals surface area contributed by atoms with Crippen LogP contribution < -0.4 is 5.32 Å². The Balaban J connectivity index is 1.73. The lowest BCUT2D eigenvalue weighted by Gasteiger charge is -2.19. The van der Waals surface area contributed by atoms with E-state index in [1.165, 1.54) is 12.4 Å². The minimum Gasteiger partial charge on any atom is -0.304 e. The molecular weight excluding hydrogens is 279 g/mol. The third-order valence-electron chi connectivity index (χ3n) is 3.48. The van der Waals surface area contributed by atoms with Gasteiger partial charge in [-0.2, -0.15) is 5.10 Å². The highest BCUT2D eigenvalue weighted by atomic mass is 19.1. The second kappa shape index (κ2) is 6.95. The largest absolute Gasteiger partial charge is 0.304 e. The summed E-state index contributed by atoms with van der Waals surface area (Å²) < 4.78 is 15.1. The van der Waals surface area contributed by atoms with Crippen molar-refractivity contribution >= 4 is 0 Å². The van der Waals surface area contributed by atoms with Gasteiger partial charge in [-0.05, 0) is 23.3 Å². The van der Waals surface area contributed by atoms with Gasteiger partial charge in [0.2, 0.25) is 0 Å². The molecule has 4 nitrogen and oxygen atoms in total. The average molecular weight is 296 g/mol. The van der Waals surface area contributed by atoms with Crippen LogP contribution in [0, 0.1) is 5.82 Å². The summed E-state index contributed by atoms with van der Waals surface area (Å²) in [5, 5.41) is 7.62. The Morgan fingerprint density at radius 3 is 2.68 bits per heavy atom. The van der Waals surface area contributed by atoms with Gasteiger partial charge < -0.3 is 5.32 Å². The fourth-order valence-corrected chi connectivity index (χ4v) is 2.38. The second-order valence-corrected chi connectivity index (χ2v) is 5.09. The monoisotopic (exact) mass is 296 g/mol. The lowest BCUT2D eigenvalue weighted by Crippen LogP contribution is -2.25. The third kappa shape index (κ3) is 3.77. The Hall–Kier alpha value is -2.53. The lowest BCUT2D eigenvalue weighted by atomic mass is 10.1. The molecule has 0 aliphatic rings. The number of nitrogens with zero attached hydrogens (tertiary/aromatic N) is 3. The van der Waals surface area contributed by atoms with Crippen molar-refractivity contribution in [3.63, 3.8) is 0 Å². The zero-order valence-electron chi connectivity index (χ0n) is 12.1. The molecular formula is C17H17FN4. The summed E-state index contributed by atoms with van der Waals surface area (Å²) in [6, 6.07) is 16.8. The summed E-state index contributed by atoms with van der Waals surface area (Å²) in [5.41, 5.74) is 2.08. The molecule has 0 fully saturated rings. The van der Waals surface area contributed by atoms with E-state index in [0.717, 1.165) is 11.1 Å². The maximum Gasteiger partial charge on any atom is 0.137 e. The van der Waals surface area contributed by atoms with Crippen molar-refractivity contribution in [2.45, 2.75) is 19.1 Å². The van der Waals surface area contributed by atoms with Crippen LogP contribution in [0.1, 0.15) is 17.2 Å². The molecule has 0 saturated heterocycles. The van der Waals surface area contributed by atoms with Gasteiger partial charge >= 0.3 is 0 Å². The van der Waals surface area contributed by atoms with Gasteiger partial charge in [-0.15, -0.1) is 0 Å². The van der Waals surface area contributed by atoms with Gasteiger partial charge in [0, 0.05) is 6.54 Å². The maximum atomic E-state index is 13.3. The number of benzene rings is 2. The minimum absolute atomic E-state index is 0.0752. The van der Waals surface area contributed by atoms with E-state index in [9.17, 15) is 4.39 Å². The Morgan fingerprint density at radius 1 is 1.09 bits per heavy atom. The summed E-state index contributed by atoms with van der Waals surface area (Å²) in [4.78, 5) is 3.97. The number of hydrogen-bond acceptors (Lipinski definition) is 3. The molecule has 3 aromatic rings. The standard InChI is InChI=1S/C17H17FN4/c18-16-8-4-5-14(9-16)10-20-17(11-22-13-19-12-21-22)15-6-2-1-3-7-15/h1-9,12-13,17,20H,10-11H2/t17-/m0/s1. The molecule has 0 radical (unpaired) electrons. The molecule has 2 aromatic carbocycles. The number of rotatable bonds is 6. The van der Waals surface area contributed by atoms with Gasteiger partial charge in [0.1, 0.15) is 18.5 Å². The molecule has 0 aliphatic heterocycles. The first-order valence-electron chi connectivity index (χ1n) is 7.16. The summed E-state index contributed by atoms with van der Waals surface area (Å²) in [5.74, 6) is -0.216. The van der Waals surface area contributed by atoms with E-state index in [0.29, 0.717) is 13.1 Å². The highest BCUT2D eigenvalue weighted by Gasteiger charge is 2.12. The predicted molar refractivity (Wildman–Crippen MR) is 82.4 cm³/mol. The number of nitrogens with one attached hydrogen (secondary N) is 1. The maximum absolute atomic E-state index is 13.3.